The first-order chi connectivity index (χ1) is 9.60. The summed E-state index contributed by atoms with van der Waals surface area (Å²) in [6.07, 6.45) is 1.77. The summed E-state index contributed by atoms with van der Waals surface area (Å²) in [6, 6.07) is 2.11. The molecule has 0 saturated carbocycles. The number of nitrogens with two attached hydrogens (primary N) is 1. The number of rotatable bonds is 8. The van der Waals surface area contributed by atoms with E-state index in [2.05, 4.69) is 16.0 Å². The van der Waals surface area contributed by atoms with Gasteiger partial charge in [0.25, 0.3) is 0 Å². The highest BCUT2D eigenvalue weighted by molar-refractivity contribution is 5.67. The fraction of sp³-hybridized carbons (Fsp3) is 0.615. The van der Waals surface area contributed by atoms with E-state index in [-0.39, 0.29) is 6.10 Å². The molecular weight excluding hydrogens is 258 g/mol. The highest BCUT2D eigenvalue weighted by Gasteiger charge is 2.16. The molecule has 0 aliphatic rings. The van der Waals surface area contributed by atoms with E-state index in [1.807, 2.05) is 18.7 Å². The zero-order valence-electron chi connectivity index (χ0n) is 12.2. The Morgan fingerprint density at radius 2 is 2.15 bits per heavy atom. The van der Waals surface area contributed by atoms with Crippen LogP contribution in [0.2, 0.25) is 0 Å². The van der Waals surface area contributed by atoms with Gasteiger partial charge in [0.2, 0.25) is 5.88 Å². The normalized spacial score (nSPS) is 10.3. The number of anilines is 2. The molecule has 7 nitrogen and oxygen atoms in total. The van der Waals surface area contributed by atoms with Crippen LogP contribution in [-0.2, 0) is 4.74 Å². The smallest absolute Gasteiger partial charge is 0.242 e. The van der Waals surface area contributed by atoms with E-state index in [4.69, 9.17) is 20.5 Å². The molecule has 1 aromatic rings. The van der Waals surface area contributed by atoms with Crippen molar-refractivity contribution in [3.63, 3.8) is 0 Å². The monoisotopic (exact) mass is 279 g/mol. The molecule has 0 spiro atoms. The van der Waals surface area contributed by atoms with Crippen molar-refractivity contribution in [3.8, 4) is 11.9 Å². The van der Waals surface area contributed by atoms with Gasteiger partial charge in [0.05, 0.1) is 25.2 Å². The summed E-state index contributed by atoms with van der Waals surface area (Å²) < 4.78 is 10.6. The van der Waals surface area contributed by atoms with Crippen molar-refractivity contribution in [1.29, 1.82) is 5.26 Å². The molecule has 0 aromatic carbocycles. The van der Waals surface area contributed by atoms with Crippen molar-refractivity contribution in [2.75, 3.05) is 37.4 Å². The van der Waals surface area contributed by atoms with Crippen LogP contribution in [0.3, 0.4) is 0 Å². The Kier molecular flexibility index (Phi) is 6.53. The Morgan fingerprint density at radius 1 is 1.40 bits per heavy atom. The minimum atomic E-state index is -0.0217. The van der Waals surface area contributed by atoms with Crippen LogP contribution in [0.5, 0.6) is 5.88 Å². The van der Waals surface area contributed by atoms with Crippen LogP contribution in [-0.4, -0.2) is 42.9 Å². The number of nitriles is 1. The largest absolute Gasteiger partial charge is 0.473 e. The number of methoxy groups -OCH3 is 1. The van der Waals surface area contributed by atoms with Gasteiger partial charge in [0, 0.05) is 20.2 Å². The van der Waals surface area contributed by atoms with Crippen molar-refractivity contribution < 1.29 is 9.47 Å². The van der Waals surface area contributed by atoms with E-state index in [0.29, 0.717) is 43.5 Å². The number of aromatic nitrogens is 2. The maximum Gasteiger partial charge on any atom is 0.242 e. The summed E-state index contributed by atoms with van der Waals surface area (Å²) in [7, 11) is 1.62. The molecule has 110 valence electrons. The van der Waals surface area contributed by atoms with Crippen LogP contribution in [0, 0.1) is 11.3 Å². The average molecular weight is 279 g/mol. The van der Waals surface area contributed by atoms with Crippen molar-refractivity contribution in [2.45, 2.75) is 26.4 Å². The summed E-state index contributed by atoms with van der Waals surface area (Å²) in [4.78, 5) is 10.1. The van der Waals surface area contributed by atoms with Crippen LogP contribution in [0.1, 0.15) is 20.3 Å². The second-order valence-electron chi connectivity index (χ2n) is 4.47. The number of nitrogens with zero attached hydrogens (tertiary/aromatic N) is 4. The third kappa shape index (κ3) is 4.55. The van der Waals surface area contributed by atoms with Gasteiger partial charge in [-0.15, -0.1) is 0 Å². The third-order valence-electron chi connectivity index (χ3n) is 2.53. The molecule has 20 heavy (non-hydrogen) atoms. The summed E-state index contributed by atoms with van der Waals surface area (Å²) >= 11 is 0. The Hall–Kier alpha value is -2.07. The molecular formula is C13H21N5O2. The second-order valence-corrected chi connectivity index (χ2v) is 4.47. The van der Waals surface area contributed by atoms with Crippen molar-refractivity contribution >= 4 is 11.5 Å². The predicted molar refractivity (Wildman–Crippen MR) is 76.5 cm³/mol. The SMILES string of the molecule is COCCN(CCC#N)c1ncnc(OC(C)C)c1N. The van der Waals surface area contributed by atoms with Crippen molar-refractivity contribution in [3.05, 3.63) is 6.33 Å². The van der Waals surface area contributed by atoms with E-state index in [1.54, 1.807) is 7.11 Å². The fourth-order valence-electron chi connectivity index (χ4n) is 1.65. The van der Waals surface area contributed by atoms with Gasteiger partial charge in [0.15, 0.2) is 5.82 Å². The molecule has 0 aliphatic heterocycles. The Morgan fingerprint density at radius 3 is 2.75 bits per heavy atom. The molecule has 0 atom stereocenters. The summed E-state index contributed by atoms with van der Waals surface area (Å²) in [5.74, 6) is 0.937. The molecule has 1 aromatic heterocycles. The molecule has 1 rings (SSSR count). The minimum Gasteiger partial charge on any atom is -0.473 e. The van der Waals surface area contributed by atoms with Crippen LogP contribution in [0.15, 0.2) is 6.33 Å². The lowest BCUT2D eigenvalue weighted by atomic mass is 10.3. The maximum absolute atomic E-state index is 8.73. The van der Waals surface area contributed by atoms with Gasteiger partial charge < -0.3 is 20.1 Å². The highest BCUT2D eigenvalue weighted by Crippen LogP contribution is 2.28. The Labute approximate surface area is 119 Å². The molecule has 1 heterocycles. The van der Waals surface area contributed by atoms with Gasteiger partial charge in [-0.3, -0.25) is 0 Å². The number of hydrogen-bond acceptors (Lipinski definition) is 7. The van der Waals surface area contributed by atoms with Gasteiger partial charge in [-0.2, -0.15) is 10.2 Å². The first-order valence-electron chi connectivity index (χ1n) is 6.48. The third-order valence-corrected chi connectivity index (χ3v) is 2.53. The fourth-order valence-corrected chi connectivity index (χ4v) is 1.65. The van der Waals surface area contributed by atoms with Gasteiger partial charge in [-0.25, -0.2) is 4.98 Å². The topological polar surface area (TPSA) is 97.3 Å². The molecule has 0 saturated heterocycles. The summed E-state index contributed by atoms with van der Waals surface area (Å²) in [5, 5.41) is 8.73. The zero-order valence-corrected chi connectivity index (χ0v) is 12.2. The first kappa shape index (κ1) is 16.0. The van der Waals surface area contributed by atoms with E-state index >= 15 is 0 Å². The lowest BCUT2D eigenvalue weighted by Crippen LogP contribution is -2.30. The van der Waals surface area contributed by atoms with Gasteiger partial charge in [-0.05, 0) is 13.8 Å². The number of ether oxygens (including phenoxy) is 2. The molecule has 0 unspecified atom stereocenters. The number of nitrogen functional groups attached to an aromatic ring is 1. The van der Waals surface area contributed by atoms with Crippen LogP contribution in [0.4, 0.5) is 11.5 Å². The van der Waals surface area contributed by atoms with Gasteiger partial charge in [-0.1, -0.05) is 0 Å². The molecule has 0 fully saturated rings. The standard InChI is InChI=1S/C13H21N5O2/c1-10(2)20-13-11(15)12(16-9-17-13)18(6-4-5-14)7-8-19-3/h9-10H,4,6-8,15H2,1-3H3. The van der Waals surface area contributed by atoms with Crippen LogP contribution < -0.4 is 15.4 Å². The van der Waals surface area contributed by atoms with E-state index in [9.17, 15) is 0 Å². The Bertz CT molecular complexity index is 459. The molecule has 7 heteroatoms. The minimum absolute atomic E-state index is 0.0217. The molecule has 0 amide bonds. The van der Waals surface area contributed by atoms with Gasteiger partial charge >= 0.3 is 0 Å². The van der Waals surface area contributed by atoms with Crippen molar-refractivity contribution in [1.82, 2.24) is 9.97 Å². The summed E-state index contributed by atoms with van der Waals surface area (Å²) in [5.41, 5.74) is 6.45. The maximum atomic E-state index is 8.73. The van der Waals surface area contributed by atoms with E-state index in [1.165, 1.54) is 6.33 Å². The first-order valence-corrected chi connectivity index (χ1v) is 6.48. The molecule has 0 aliphatic carbocycles. The summed E-state index contributed by atoms with van der Waals surface area (Å²) in [6.45, 7) is 5.46. The Balaban J connectivity index is 2.96. The second kappa shape index (κ2) is 8.17. The lowest BCUT2D eigenvalue weighted by molar-refractivity contribution is 0.205. The molecule has 2 N–H and O–H groups in total. The quantitative estimate of drug-likeness (QED) is 0.763. The van der Waals surface area contributed by atoms with Crippen LogP contribution in [0.25, 0.3) is 0 Å². The highest BCUT2D eigenvalue weighted by atomic mass is 16.5. The zero-order chi connectivity index (χ0) is 15.0. The number of hydrogen-bond donors (Lipinski definition) is 1. The average Bonchev–Trinajstić information content (AvgIpc) is 2.41. The van der Waals surface area contributed by atoms with Crippen molar-refractivity contribution in [2.24, 2.45) is 0 Å². The molecule has 0 radical (unpaired) electrons. The lowest BCUT2D eigenvalue weighted by Gasteiger charge is -2.24. The predicted octanol–water partition coefficient (Wildman–Crippen LogP) is 1.21. The van der Waals surface area contributed by atoms with E-state index in [0.717, 1.165) is 0 Å². The molecule has 0 bridgehead atoms. The van der Waals surface area contributed by atoms with E-state index < -0.39 is 0 Å². The van der Waals surface area contributed by atoms with Crippen LogP contribution >= 0.6 is 0 Å². The van der Waals surface area contributed by atoms with Gasteiger partial charge in [0.1, 0.15) is 12.0 Å².